The second kappa shape index (κ2) is 12.8. The summed E-state index contributed by atoms with van der Waals surface area (Å²) in [4.78, 5) is 2.31. The summed E-state index contributed by atoms with van der Waals surface area (Å²) in [6.45, 7) is 6.60. The summed E-state index contributed by atoms with van der Waals surface area (Å²) < 4.78 is 0. The molecule has 1 heterocycles. The highest BCUT2D eigenvalue weighted by Gasteiger charge is 2.27. The summed E-state index contributed by atoms with van der Waals surface area (Å²) in [7, 11) is 2.15. The van der Waals surface area contributed by atoms with Crippen LogP contribution >= 0.6 is 0 Å². The first-order valence-corrected chi connectivity index (χ1v) is 16.9. The summed E-state index contributed by atoms with van der Waals surface area (Å²) in [5, 5.41) is 8.61. The van der Waals surface area contributed by atoms with Crippen molar-refractivity contribution in [1.82, 2.24) is 0 Å². The monoisotopic (exact) mass is 630 g/mol. The molecule has 0 fully saturated rings. The molecule has 7 aromatic carbocycles. The smallest absolute Gasteiger partial charge is 0.125 e. The fourth-order valence-corrected chi connectivity index (χ4v) is 7.31. The summed E-state index contributed by atoms with van der Waals surface area (Å²) in [5.41, 5.74) is 13.0. The standard InChI is InChI=1S/C47H38N2/c1-4-5-8-15-32(2)45-39-20-13-14-21-40(39)46(35-16-9-6-10-17-35)41-28-26-37(30-42(41)45)33-22-24-34(25-23-33)38-27-29-44-43(31-38)48-47(49(44)3)36-18-11-7-12-19-36/h4-31,47-48H,2H2,1,3H3/b5-4-,15-8-. The first-order chi connectivity index (χ1) is 24.1. The SMILES string of the molecule is C=C(/C=C\C=C/C)c1c2ccccc2c(-c2ccccc2)c2ccc(-c3ccc(-c4ccc5c(c4)NC(c4ccccc4)N5C)cc3)cc12. The molecule has 1 aliphatic heterocycles. The van der Waals surface area contributed by atoms with E-state index in [9.17, 15) is 0 Å². The van der Waals surface area contributed by atoms with E-state index in [4.69, 9.17) is 0 Å². The third kappa shape index (κ3) is 5.52. The van der Waals surface area contributed by atoms with E-state index in [2.05, 4.69) is 188 Å². The van der Waals surface area contributed by atoms with Crippen molar-refractivity contribution >= 4 is 38.5 Å². The van der Waals surface area contributed by atoms with E-state index in [1.807, 2.05) is 13.0 Å². The summed E-state index contributed by atoms with van der Waals surface area (Å²) >= 11 is 0. The van der Waals surface area contributed by atoms with Crippen LogP contribution in [0.4, 0.5) is 11.4 Å². The lowest BCUT2D eigenvalue weighted by Gasteiger charge is -2.22. The third-order valence-corrected chi connectivity index (χ3v) is 9.73. The molecule has 8 rings (SSSR count). The lowest BCUT2D eigenvalue weighted by Crippen LogP contribution is -2.23. The van der Waals surface area contributed by atoms with Gasteiger partial charge in [-0.25, -0.2) is 0 Å². The quantitative estimate of drug-likeness (QED) is 0.139. The molecule has 1 N–H and O–H groups in total. The number of benzene rings is 7. The molecule has 0 bridgehead atoms. The van der Waals surface area contributed by atoms with Gasteiger partial charge in [0, 0.05) is 7.05 Å². The van der Waals surface area contributed by atoms with Crippen molar-refractivity contribution in [2.45, 2.75) is 13.1 Å². The number of hydrogen-bond donors (Lipinski definition) is 1. The average Bonchev–Trinajstić information content (AvgIpc) is 3.49. The maximum atomic E-state index is 4.57. The Balaban J connectivity index is 1.20. The van der Waals surface area contributed by atoms with Gasteiger partial charge in [-0.3, -0.25) is 0 Å². The van der Waals surface area contributed by atoms with Crippen molar-refractivity contribution in [3.05, 3.63) is 188 Å². The zero-order valence-electron chi connectivity index (χ0n) is 27.9. The van der Waals surface area contributed by atoms with Gasteiger partial charge in [0.05, 0.1) is 11.4 Å². The van der Waals surface area contributed by atoms with Gasteiger partial charge in [0.15, 0.2) is 0 Å². The Morgan fingerprint density at radius 1 is 0.592 bits per heavy atom. The molecule has 0 radical (unpaired) electrons. The van der Waals surface area contributed by atoms with E-state index >= 15 is 0 Å². The van der Waals surface area contributed by atoms with Gasteiger partial charge in [0.25, 0.3) is 0 Å². The van der Waals surface area contributed by atoms with Gasteiger partial charge in [-0.2, -0.15) is 0 Å². The Labute approximate surface area is 289 Å². The van der Waals surface area contributed by atoms with Crippen LogP contribution in [0.3, 0.4) is 0 Å². The first-order valence-electron chi connectivity index (χ1n) is 16.9. The van der Waals surface area contributed by atoms with Crippen molar-refractivity contribution in [3.8, 4) is 33.4 Å². The molecular weight excluding hydrogens is 593 g/mol. The van der Waals surface area contributed by atoms with Crippen LogP contribution in [0, 0.1) is 0 Å². The van der Waals surface area contributed by atoms with Gasteiger partial charge >= 0.3 is 0 Å². The number of anilines is 2. The number of nitrogens with zero attached hydrogens (tertiary/aromatic N) is 1. The normalized spacial score (nSPS) is 14.2. The van der Waals surface area contributed by atoms with Crippen LogP contribution in [0.5, 0.6) is 0 Å². The highest BCUT2D eigenvalue weighted by molar-refractivity contribution is 6.19. The average molecular weight is 631 g/mol. The zero-order chi connectivity index (χ0) is 33.3. The fourth-order valence-electron chi connectivity index (χ4n) is 7.31. The molecule has 1 atom stereocenters. The van der Waals surface area contributed by atoms with Crippen molar-refractivity contribution in [2.75, 3.05) is 17.3 Å². The van der Waals surface area contributed by atoms with E-state index in [-0.39, 0.29) is 6.17 Å². The molecule has 7 aromatic rings. The van der Waals surface area contributed by atoms with E-state index in [0.29, 0.717) is 0 Å². The van der Waals surface area contributed by atoms with Gasteiger partial charge in [-0.15, -0.1) is 0 Å². The highest BCUT2D eigenvalue weighted by atomic mass is 15.3. The van der Waals surface area contributed by atoms with Gasteiger partial charge < -0.3 is 10.2 Å². The predicted molar refractivity (Wildman–Crippen MR) is 212 cm³/mol. The van der Waals surface area contributed by atoms with Crippen molar-refractivity contribution in [3.63, 3.8) is 0 Å². The van der Waals surface area contributed by atoms with Gasteiger partial charge in [0.2, 0.25) is 0 Å². The summed E-state index contributed by atoms with van der Waals surface area (Å²) in [6.07, 6.45) is 8.42. The summed E-state index contributed by atoms with van der Waals surface area (Å²) in [6, 6.07) is 52.7. The van der Waals surface area contributed by atoms with Crippen molar-refractivity contribution in [2.24, 2.45) is 0 Å². The minimum Gasteiger partial charge on any atom is -0.360 e. The molecule has 236 valence electrons. The van der Waals surface area contributed by atoms with Crippen LogP contribution in [-0.2, 0) is 0 Å². The van der Waals surface area contributed by atoms with Crippen molar-refractivity contribution < 1.29 is 0 Å². The number of rotatable bonds is 7. The Morgan fingerprint density at radius 2 is 1.18 bits per heavy atom. The number of nitrogens with one attached hydrogen (secondary N) is 1. The van der Waals surface area contributed by atoms with Crippen LogP contribution in [0.25, 0.3) is 60.5 Å². The maximum Gasteiger partial charge on any atom is 0.125 e. The highest BCUT2D eigenvalue weighted by Crippen LogP contribution is 2.44. The molecule has 0 amide bonds. The van der Waals surface area contributed by atoms with E-state index in [1.165, 1.54) is 71.7 Å². The largest absolute Gasteiger partial charge is 0.360 e. The molecule has 0 spiro atoms. The molecule has 2 heteroatoms. The molecule has 1 unspecified atom stereocenters. The van der Waals surface area contributed by atoms with Crippen LogP contribution in [-0.4, -0.2) is 7.05 Å². The molecular formula is C47H38N2. The van der Waals surface area contributed by atoms with Gasteiger partial charge in [-0.1, -0.05) is 158 Å². The van der Waals surface area contributed by atoms with Gasteiger partial charge in [0.1, 0.15) is 6.17 Å². The zero-order valence-corrected chi connectivity index (χ0v) is 27.9. The van der Waals surface area contributed by atoms with Crippen LogP contribution in [0.15, 0.2) is 176 Å². The Hall–Kier alpha value is -6.12. The Bertz CT molecular complexity index is 2380. The lowest BCUT2D eigenvalue weighted by molar-refractivity contribution is 0.792. The minimum atomic E-state index is 0.126. The van der Waals surface area contributed by atoms with Crippen LogP contribution < -0.4 is 10.2 Å². The minimum absolute atomic E-state index is 0.126. The van der Waals surface area contributed by atoms with E-state index < -0.39 is 0 Å². The lowest BCUT2D eigenvalue weighted by atomic mass is 9.85. The molecule has 2 nitrogen and oxygen atoms in total. The third-order valence-electron chi connectivity index (χ3n) is 9.73. The molecule has 0 saturated heterocycles. The molecule has 49 heavy (non-hydrogen) atoms. The molecule has 0 saturated carbocycles. The second-order valence-corrected chi connectivity index (χ2v) is 12.7. The second-order valence-electron chi connectivity index (χ2n) is 12.7. The molecule has 0 aromatic heterocycles. The van der Waals surface area contributed by atoms with Gasteiger partial charge in [-0.05, 0) is 96.7 Å². The molecule has 0 aliphatic carbocycles. The fraction of sp³-hybridized carbons (Fsp3) is 0.0638. The van der Waals surface area contributed by atoms with Crippen LogP contribution in [0.2, 0.25) is 0 Å². The maximum absolute atomic E-state index is 4.57. The number of fused-ring (bicyclic) bond motifs is 3. The Kier molecular flexibility index (Phi) is 7.91. The Morgan fingerprint density at radius 3 is 1.90 bits per heavy atom. The summed E-state index contributed by atoms with van der Waals surface area (Å²) in [5.74, 6) is 0. The number of allylic oxidation sites excluding steroid dienone is 5. The molecule has 1 aliphatic rings. The van der Waals surface area contributed by atoms with Crippen molar-refractivity contribution in [1.29, 1.82) is 0 Å². The number of hydrogen-bond acceptors (Lipinski definition) is 2. The predicted octanol–water partition coefficient (Wildman–Crippen LogP) is 12.7. The van der Waals surface area contributed by atoms with Crippen LogP contribution in [0.1, 0.15) is 24.2 Å². The van der Waals surface area contributed by atoms with E-state index in [0.717, 1.165) is 11.3 Å². The van der Waals surface area contributed by atoms with E-state index in [1.54, 1.807) is 0 Å². The topological polar surface area (TPSA) is 15.3 Å². The first kappa shape index (κ1) is 30.2.